The summed E-state index contributed by atoms with van der Waals surface area (Å²) in [6, 6.07) is -0.458. The summed E-state index contributed by atoms with van der Waals surface area (Å²) in [6.45, 7) is 1.28. The number of carbonyl (C=O) groups is 1. The van der Waals surface area contributed by atoms with Crippen molar-refractivity contribution in [2.24, 2.45) is 5.92 Å². The maximum atomic E-state index is 12.9. The monoisotopic (exact) mass is 265 g/mol. The van der Waals surface area contributed by atoms with Gasteiger partial charge in [0.1, 0.15) is 11.9 Å². The molecule has 1 aliphatic carbocycles. The van der Waals surface area contributed by atoms with Crippen LogP contribution >= 0.6 is 0 Å². The van der Waals surface area contributed by atoms with Gasteiger partial charge in [-0.15, -0.1) is 0 Å². The first-order valence-corrected chi connectivity index (χ1v) is 6.66. The molecular weight excluding hydrogens is 247 g/mol. The molecule has 0 saturated carbocycles. The van der Waals surface area contributed by atoms with Crippen LogP contribution in [0.2, 0.25) is 0 Å². The summed E-state index contributed by atoms with van der Waals surface area (Å²) in [5, 5.41) is 2.46. The van der Waals surface area contributed by atoms with E-state index in [4.69, 9.17) is 0 Å². The van der Waals surface area contributed by atoms with E-state index in [0.717, 1.165) is 12.8 Å². The number of halogens is 1. The van der Waals surface area contributed by atoms with Crippen molar-refractivity contribution in [1.82, 2.24) is 10.2 Å². The van der Waals surface area contributed by atoms with Crippen molar-refractivity contribution in [2.45, 2.75) is 31.7 Å². The molecule has 0 aromatic heterocycles. The van der Waals surface area contributed by atoms with Crippen molar-refractivity contribution in [2.75, 3.05) is 13.1 Å². The quantitative estimate of drug-likeness (QED) is 0.782. The highest BCUT2D eigenvalue weighted by Gasteiger charge is 2.28. The summed E-state index contributed by atoms with van der Waals surface area (Å²) in [7, 11) is 0. The minimum atomic E-state index is -0.458. The van der Waals surface area contributed by atoms with Crippen LogP contribution in [0.3, 0.4) is 0 Å². The lowest BCUT2D eigenvalue weighted by atomic mass is 9.99. The molecular formula is C14H18FN2O2. The van der Waals surface area contributed by atoms with Crippen LogP contribution in [-0.2, 0) is 9.59 Å². The first-order valence-electron chi connectivity index (χ1n) is 6.66. The molecule has 1 N–H and O–H groups in total. The zero-order chi connectivity index (χ0) is 13.7. The van der Waals surface area contributed by atoms with Gasteiger partial charge in [-0.1, -0.05) is 6.08 Å². The molecule has 1 unspecified atom stereocenters. The molecule has 2 rings (SSSR count). The summed E-state index contributed by atoms with van der Waals surface area (Å²) >= 11 is 0. The zero-order valence-corrected chi connectivity index (χ0v) is 10.8. The van der Waals surface area contributed by atoms with Crippen LogP contribution in [0.15, 0.2) is 24.1 Å². The average molecular weight is 265 g/mol. The predicted molar refractivity (Wildman–Crippen MR) is 69.5 cm³/mol. The van der Waals surface area contributed by atoms with Gasteiger partial charge < -0.3 is 10.2 Å². The third kappa shape index (κ3) is 3.66. The molecule has 4 nitrogen and oxygen atoms in total. The van der Waals surface area contributed by atoms with Gasteiger partial charge in [0.2, 0.25) is 5.91 Å². The Bertz CT molecular complexity index is 406. The molecule has 0 aromatic rings. The average Bonchev–Trinajstić information content (AvgIpc) is 2.57. The zero-order valence-electron chi connectivity index (χ0n) is 10.8. The molecule has 0 bridgehead atoms. The molecule has 1 aliphatic heterocycles. The SMILES string of the molecule is O=[C]N[C@H]1CCCCN(CC2C=CC(F)=CC2)C1=O. The van der Waals surface area contributed by atoms with Gasteiger partial charge in [-0.2, -0.15) is 0 Å². The topological polar surface area (TPSA) is 49.4 Å². The number of carbonyl (C=O) groups excluding carboxylic acids is 2. The molecule has 0 spiro atoms. The number of amides is 2. The molecule has 5 heteroatoms. The molecule has 103 valence electrons. The van der Waals surface area contributed by atoms with Gasteiger partial charge >= 0.3 is 6.41 Å². The van der Waals surface area contributed by atoms with E-state index < -0.39 is 6.04 Å². The summed E-state index contributed by atoms with van der Waals surface area (Å²) < 4.78 is 12.9. The third-order valence-electron chi connectivity index (χ3n) is 3.61. The van der Waals surface area contributed by atoms with Gasteiger partial charge in [0.05, 0.1) is 0 Å². The van der Waals surface area contributed by atoms with Crippen LogP contribution in [0.25, 0.3) is 0 Å². The molecule has 0 aromatic carbocycles. The molecule has 19 heavy (non-hydrogen) atoms. The highest BCUT2D eigenvalue weighted by Crippen LogP contribution is 2.20. The lowest BCUT2D eigenvalue weighted by Gasteiger charge is -2.27. The van der Waals surface area contributed by atoms with Crippen molar-refractivity contribution in [3.05, 3.63) is 24.1 Å². The van der Waals surface area contributed by atoms with E-state index in [1.807, 2.05) is 6.08 Å². The first kappa shape index (κ1) is 13.8. The van der Waals surface area contributed by atoms with Crippen molar-refractivity contribution in [1.29, 1.82) is 0 Å². The van der Waals surface area contributed by atoms with Gasteiger partial charge in [-0.25, -0.2) is 4.39 Å². The van der Waals surface area contributed by atoms with Crippen molar-refractivity contribution < 1.29 is 14.0 Å². The van der Waals surface area contributed by atoms with Crippen LogP contribution in [-0.4, -0.2) is 36.3 Å². The summed E-state index contributed by atoms with van der Waals surface area (Å²) in [6.07, 6.45) is 9.53. The van der Waals surface area contributed by atoms with Crippen LogP contribution in [0.5, 0.6) is 0 Å². The van der Waals surface area contributed by atoms with E-state index in [0.29, 0.717) is 25.9 Å². The number of allylic oxidation sites excluding steroid dienone is 3. The van der Waals surface area contributed by atoms with E-state index in [1.54, 1.807) is 17.4 Å². The molecule has 2 aliphatic rings. The summed E-state index contributed by atoms with van der Waals surface area (Å²) in [5.41, 5.74) is 0. The Hall–Kier alpha value is -1.65. The van der Waals surface area contributed by atoms with Crippen LogP contribution in [0.1, 0.15) is 25.7 Å². The smallest absolute Gasteiger partial charge is 0.309 e. The second kappa shape index (κ2) is 6.50. The second-order valence-electron chi connectivity index (χ2n) is 5.02. The van der Waals surface area contributed by atoms with E-state index in [2.05, 4.69) is 5.32 Å². The number of rotatable bonds is 4. The minimum absolute atomic E-state index is 0.0516. The van der Waals surface area contributed by atoms with E-state index in [1.165, 1.54) is 6.08 Å². The van der Waals surface area contributed by atoms with Crippen molar-refractivity contribution >= 4 is 12.3 Å². The Morgan fingerprint density at radius 2 is 2.32 bits per heavy atom. The molecule has 2 atom stereocenters. The number of hydrogen-bond donors (Lipinski definition) is 1. The standard InChI is InChI=1S/C14H18FN2O2/c15-12-6-4-11(5-7-12)9-17-8-2-1-3-13(14(17)19)16-10-18/h4,6-7,11,13H,1-3,5,8-9H2,(H,16,18)/t11?,13-/m0/s1. The molecule has 1 radical (unpaired) electrons. The normalized spacial score (nSPS) is 27.7. The van der Waals surface area contributed by atoms with Crippen LogP contribution in [0, 0.1) is 5.92 Å². The van der Waals surface area contributed by atoms with Crippen molar-refractivity contribution in [3.8, 4) is 0 Å². The third-order valence-corrected chi connectivity index (χ3v) is 3.61. The Morgan fingerprint density at radius 1 is 1.47 bits per heavy atom. The Kier molecular flexibility index (Phi) is 4.71. The van der Waals surface area contributed by atoms with Gasteiger partial charge in [-0.3, -0.25) is 9.59 Å². The fourth-order valence-electron chi connectivity index (χ4n) is 2.55. The lowest BCUT2D eigenvalue weighted by molar-refractivity contribution is -0.133. The Balaban J connectivity index is 1.96. The van der Waals surface area contributed by atoms with Crippen molar-refractivity contribution in [3.63, 3.8) is 0 Å². The van der Waals surface area contributed by atoms with Crippen LogP contribution in [0.4, 0.5) is 4.39 Å². The number of nitrogens with zero attached hydrogens (tertiary/aromatic N) is 1. The Labute approximate surface area is 112 Å². The minimum Gasteiger partial charge on any atom is -0.340 e. The lowest BCUT2D eigenvalue weighted by Crippen LogP contribution is -2.46. The number of hydrogen-bond acceptors (Lipinski definition) is 2. The largest absolute Gasteiger partial charge is 0.340 e. The number of nitrogens with one attached hydrogen (secondary N) is 1. The first-order chi connectivity index (χ1) is 9.20. The maximum absolute atomic E-state index is 12.9. The highest BCUT2D eigenvalue weighted by atomic mass is 19.1. The van der Waals surface area contributed by atoms with Gasteiger partial charge in [0, 0.05) is 13.1 Å². The summed E-state index contributed by atoms with van der Waals surface area (Å²) in [4.78, 5) is 24.4. The Morgan fingerprint density at radius 3 is 3.00 bits per heavy atom. The molecule has 1 heterocycles. The van der Waals surface area contributed by atoms with E-state index >= 15 is 0 Å². The predicted octanol–water partition coefficient (Wildman–Crippen LogP) is 1.45. The highest BCUT2D eigenvalue weighted by molar-refractivity contribution is 5.84. The van der Waals surface area contributed by atoms with Gasteiger partial charge in [-0.05, 0) is 43.8 Å². The summed E-state index contributed by atoms with van der Waals surface area (Å²) in [5.74, 6) is -0.111. The van der Waals surface area contributed by atoms with Crippen LogP contribution < -0.4 is 5.32 Å². The molecule has 1 fully saturated rings. The van der Waals surface area contributed by atoms with E-state index in [-0.39, 0.29) is 17.7 Å². The van der Waals surface area contributed by atoms with E-state index in [9.17, 15) is 14.0 Å². The maximum Gasteiger partial charge on any atom is 0.309 e. The molecule has 1 saturated heterocycles. The number of likely N-dealkylation sites (tertiary alicyclic amines) is 1. The second-order valence-corrected chi connectivity index (χ2v) is 5.02. The fraction of sp³-hybridized carbons (Fsp3) is 0.571. The molecule has 2 amide bonds. The van der Waals surface area contributed by atoms with Gasteiger partial charge in [0.25, 0.3) is 0 Å². The van der Waals surface area contributed by atoms with Gasteiger partial charge in [0.15, 0.2) is 0 Å². The fourth-order valence-corrected chi connectivity index (χ4v) is 2.55.